The Morgan fingerprint density at radius 3 is 2.44 bits per heavy atom. The minimum Gasteiger partial charge on any atom is -0.480 e. The first-order valence-electron chi connectivity index (χ1n) is 7.30. The van der Waals surface area contributed by atoms with Crippen molar-refractivity contribution in [3.63, 3.8) is 0 Å². The highest BCUT2D eigenvalue weighted by atomic mass is 32.2. The second kappa shape index (κ2) is 7.49. The van der Waals surface area contributed by atoms with E-state index in [2.05, 4.69) is 5.32 Å². The SMILES string of the molecule is CN(C)S(=O)(=O)c1cc(C(=O)N[C@@H](Cc2ccccc2)C(=O)O)co1. The molecule has 25 heavy (non-hydrogen) atoms. The van der Waals surface area contributed by atoms with Gasteiger partial charge in [-0.1, -0.05) is 30.3 Å². The largest absolute Gasteiger partial charge is 0.480 e. The average molecular weight is 366 g/mol. The first-order valence-corrected chi connectivity index (χ1v) is 8.74. The molecule has 1 aromatic heterocycles. The highest BCUT2D eigenvalue weighted by molar-refractivity contribution is 7.88. The lowest BCUT2D eigenvalue weighted by Gasteiger charge is -2.14. The van der Waals surface area contributed by atoms with Crippen LogP contribution in [0.3, 0.4) is 0 Å². The molecule has 2 aromatic rings. The number of carboxylic acid groups (broad SMARTS) is 1. The van der Waals surface area contributed by atoms with Crippen LogP contribution in [0.1, 0.15) is 15.9 Å². The van der Waals surface area contributed by atoms with E-state index >= 15 is 0 Å². The van der Waals surface area contributed by atoms with E-state index in [-0.39, 0.29) is 12.0 Å². The molecular formula is C16H18N2O6S. The topological polar surface area (TPSA) is 117 Å². The Balaban J connectivity index is 2.14. The fourth-order valence-corrected chi connectivity index (χ4v) is 2.85. The van der Waals surface area contributed by atoms with Crippen molar-refractivity contribution in [1.82, 2.24) is 9.62 Å². The first kappa shape index (κ1) is 18.7. The minimum absolute atomic E-state index is 0.0697. The number of rotatable bonds is 7. The molecule has 0 fully saturated rings. The first-order chi connectivity index (χ1) is 11.7. The maximum absolute atomic E-state index is 12.2. The molecule has 0 radical (unpaired) electrons. The van der Waals surface area contributed by atoms with Crippen molar-refractivity contribution in [2.75, 3.05) is 14.1 Å². The Hall–Kier alpha value is -2.65. The zero-order valence-corrected chi connectivity index (χ0v) is 14.5. The smallest absolute Gasteiger partial charge is 0.326 e. The molecule has 8 nitrogen and oxygen atoms in total. The quantitative estimate of drug-likeness (QED) is 0.754. The third kappa shape index (κ3) is 4.46. The van der Waals surface area contributed by atoms with Gasteiger partial charge in [0, 0.05) is 26.6 Å². The van der Waals surface area contributed by atoms with E-state index in [1.807, 2.05) is 0 Å². The molecular weight excluding hydrogens is 348 g/mol. The molecule has 1 atom stereocenters. The number of carbonyl (C=O) groups is 2. The van der Waals surface area contributed by atoms with Gasteiger partial charge in [-0.15, -0.1) is 0 Å². The number of benzene rings is 1. The van der Waals surface area contributed by atoms with Gasteiger partial charge in [-0.05, 0) is 5.56 Å². The van der Waals surface area contributed by atoms with Gasteiger partial charge in [-0.2, -0.15) is 0 Å². The van der Waals surface area contributed by atoms with Crippen LogP contribution in [0.2, 0.25) is 0 Å². The van der Waals surface area contributed by atoms with Gasteiger partial charge in [0.15, 0.2) is 0 Å². The number of nitrogens with zero attached hydrogens (tertiary/aromatic N) is 1. The fourth-order valence-electron chi connectivity index (χ4n) is 2.04. The van der Waals surface area contributed by atoms with Gasteiger partial charge in [0.05, 0.1) is 5.56 Å². The van der Waals surface area contributed by atoms with Crippen LogP contribution in [0, 0.1) is 0 Å². The van der Waals surface area contributed by atoms with Gasteiger partial charge in [0.1, 0.15) is 12.3 Å². The number of furan rings is 1. The summed E-state index contributed by atoms with van der Waals surface area (Å²) < 4.78 is 29.8. The number of aliphatic carboxylic acids is 1. The maximum atomic E-state index is 12.2. The van der Waals surface area contributed by atoms with Gasteiger partial charge in [0.2, 0.25) is 5.09 Å². The van der Waals surface area contributed by atoms with Gasteiger partial charge in [-0.25, -0.2) is 17.5 Å². The van der Waals surface area contributed by atoms with Gasteiger partial charge < -0.3 is 14.8 Å². The second-order valence-corrected chi connectivity index (χ2v) is 7.58. The van der Waals surface area contributed by atoms with Crippen LogP contribution in [-0.4, -0.2) is 49.8 Å². The molecule has 1 heterocycles. The summed E-state index contributed by atoms with van der Waals surface area (Å²) >= 11 is 0. The third-order valence-corrected chi connectivity index (χ3v) is 5.14. The zero-order valence-electron chi connectivity index (χ0n) is 13.7. The van der Waals surface area contributed by atoms with Crippen molar-refractivity contribution in [2.45, 2.75) is 17.6 Å². The second-order valence-electron chi connectivity index (χ2n) is 5.50. The number of hydrogen-bond acceptors (Lipinski definition) is 5. The predicted molar refractivity (Wildman–Crippen MR) is 88.6 cm³/mol. The van der Waals surface area contributed by atoms with Crippen molar-refractivity contribution < 1.29 is 27.5 Å². The lowest BCUT2D eigenvalue weighted by Crippen LogP contribution is -2.42. The molecule has 0 saturated heterocycles. The Bertz CT molecular complexity index is 858. The highest BCUT2D eigenvalue weighted by Crippen LogP contribution is 2.17. The maximum Gasteiger partial charge on any atom is 0.326 e. The van der Waals surface area contributed by atoms with E-state index in [0.29, 0.717) is 0 Å². The Morgan fingerprint density at radius 1 is 1.24 bits per heavy atom. The number of carboxylic acids is 1. The number of nitrogens with one attached hydrogen (secondary N) is 1. The Kier molecular flexibility index (Phi) is 5.60. The van der Waals surface area contributed by atoms with Crippen molar-refractivity contribution in [2.24, 2.45) is 0 Å². The summed E-state index contributed by atoms with van der Waals surface area (Å²) in [6.07, 6.45) is 1.08. The van der Waals surface area contributed by atoms with Crippen LogP contribution >= 0.6 is 0 Å². The standard InChI is InChI=1S/C16H18N2O6S/c1-18(2)25(22,23)14-9-12(10-24-14)15(19)17-13(16(20)21)8-11-6-4-3-5-7-11/h3-7,9-10,13H,8H2,1-2H3,(H,17,19)(H,20,21)/t13-/m0/s1. The third-order valence-electron chi connectivity index (χ3n) is 3.46. The summed E-state index contributed by atoms with van der Waals surface area (Å²) in [5, 5.41) is 11.3. The van der Waals surface area contributed by atoms with Crippen LogP contribution in [0.4, 0.5) is 0 Å². The van der Waals surface area contributed by atoms with E-state index < -0.39 is 33.0 Å². The highest BCUT2D eigenvalue weighted by Gasteiger charge is 2.26. The summed E-state index contributed by atoms with van der Waals surface area (Å²) in [4.78, 5) is 23.6. The summed E-state index contributed by atoms with van der Waals surface area (Å²) in [5.41, 5.74) is 0.679. The Morgan fingerprint density at radius 2 is 1.88 bits per heavy atom. The number of carbonyl (C=O) groups excluding carboxylic acids is 1. The molecule has 0 saturated carbocycles. The molecule has 0 aliphatic carbocycles. The van der Waals surface area contributed by atoms with E-state index in [0.717, 1.165) is 22.2 Å². The van der Waals surface area contributed by atoms with Crippen molar-refractivity contribution in [3.8, 4) is 0 Å². The van der Waals surface area contributed by atoms with E-state index in [1.54, 1.807) is 30.3 Å². The number of hydrogen-bond donors (Lipinski definition) is 2. The van der Waals surface area contributed by atoms with Crippen LogP contribution in [-0.2, 0) is 21.2 Å². The molecule has 0 aliphatic heterocycles. The molecule has 0 unspecified atom stereocenters. The Labute approximate surface area is 145 Å². The van der Waals surface area contributed by atoms with Gasteiger partial charge >= 0.3 is 5.97 Å². The van der Waals surface area contributed by atoms with Crippen molar-refractivity contribution >= 4 is 21.9 Å². The zero-order chi connectivity index (χ0) is 18.6. The monoisotopic (exact) mass is 366 g/mol. The number of sulfonamides is 1. The van der Waals surface area contributed by atoms with Gasteiger partial charge in [-0.3, -0.25) is 4.79 Å². The summed E-state index contributed by atoms with van der Waals surface area (Å²) in [7, 11) is -1.15. The van der Waals surface area contributed by atoms with Gasteiger partial charge in [0.25, 0.3) is 15.9 Å². The summed E-state index contributed by atoms with van der Waals surface area (Å²) in [6, 6.07) is 8.75. The molecule has 0 aliphatic rings. The normalized spacial score (nSPS) is 12.8. The van der Waals surface area contributed by atoms with Crippen molar-refractivity contribution in [3.05, 3.63) is 53.8 Å². The van der Waals surface area contributed by atoms with Crippen molar-refractivity contribution in [1.29, 1.82) is 0 Å². The van der Waals surface area contributed by atoms with Crippen LogP contribution in [0.5, 0.6) is 0 Å². The molecule has 2 rings (SSSR count). The molecule has 9 heteroatoms. The van der Waals surface area contributed by atoms with E-state index in [9.17, 15) is 23.1 Å². The molecule has 2 N–H and O–H groups in total. The van der Waals surface area contributed by atoms with E-state index in [1.165, 1.54) is 14.1 Å². The predicted octanol–water partition coefficient (Wildman–Crippen LogP) is 0.956. The fraction of sp³-hybridized carbons (Fsp3) is 0.250. The van der Waals surface area contributed by atoms with Crippen LogP contribution in [0.25, 0.3) is 0 Å². The molecule has 134 valence electrons. The molecule has 0 spiro atoms. The number of amides is 1. The van der Waals surface area contributed by atoms with E-state index in [4.69, 9.17) is 4.42 Å². The summed E-state index contributed by atoms with van der Waals surface area (Å²) in [6.45, 7) is 0. The van der Waals surface area contributed by atoms with Crippen LogP contribution in [0.15, 0.2) is 52.2 Å². The summed E-state index contributed by atoms with van der Waals surface area (Å²) in [5.74, 6) is -1.92. The average Bonchev–Trinajstić information content (AvgIpc) is 3.05. The molecule has 1 amide bonds. The van der Waals surface area contributed by atoms with Crippen LogP contribution < -0.4 is 5.32 Å². The minimum atomic E-state index is -3.81. The lowest BCUT2D eigenvalue weighted by molar-refractivity contribution is -0.139. The lowest BCUT2D eigenvalue weighted by atomic mass is 10.1. The molecule has 1 aromatic carbocycles. The molecule has 0 bridgehead atoms.